The number of imide groups is 1. The van der Waals surface area contributed by atoms with Gasteiger partial charge in [0.2, 0.25) is 22.8 Å². The smallest absolute Gasteiger partial charge is 0.297 e. The van der Waals surface area contributed by atoms with Gasteiger partial charge in [-0.05, 0) is 125 Å². The summed E-state index contributed by atoms with van der Waals surface area (Å²) in [5.41, 5.74) is 7.35. The maximum absolute atomic E-state index is 14.2. The molecule has 2 fully saturated rings. The van der Waals surface area contributed by atoms with E-state index in [4.69, 9.17) is 41.8 Å². The van der Waals surface area contributed by atoms with E-state index in [9.17, 15) is 42.0 Å². The first kappa shape index (κ1) is 63.8. The van der Waals surface area contributed by atoms with Gasteiger partial charge in [0.15, 0.2) is 17.3 Å². The number of hydrogen-bond donors (Lipinski definition) is 5. The molecule has 3 aliphatic rings. The number of halogens is 2. The van der Waals surface area contributed by atoms with E-state index in [0.717, 1.165) is 28.5 Å². The highest BCUT2D eigenvalue weighted by Crippen LogP contribution is 2.41. The number of anilines is 1. The summed E-state index contributed by atoms with van der Waals surface area (Å²) in [7, 11) is -2.82. The van der Waals surface area contributed by atoms with E-state index < -0.39 is 62.1 Å². The molecule has 2 unspecified atom stereocenters. The number of carbonyl (C=O) groups excluding carboxylic acids is 7. The van der Waals surface area contributed by atoms with Crippen LogP contribution in [0.5, 0.6) is 5.75 Å². The Morgan fingerprint density at radius 3 is 2.36 bits per heavy atom. The predicted octanol–water partition coefficient (Wildman–Crippen LogP) is 7.57. The molecule has 5 N–H and O–H groups in total. The zero-order valence-electron chi connectivity index (χ0n) is 49.9. The van der Waals surface area contributed by atoms with Crippen molar-refractivity contribution in [3.63, 3.8) is 0 Å². The normalized spacial score (nSPS) is 16.3. The number of rotatable bonds is 26. The van der Waals surface area contributed by atoms with Gasteiger partial charge in [0.05, 0.1) is 72.9 Å². The fraction of sp³-hybridized carbons (Fsp3) is 0.419. The van der Waals surface area contributed by atoms with Crippen molar-refractivity contribution < 1.29 is 60.6 Å². The summed E-state index contributed by atoms with van der Waals surface area (Å²) in [5, 5.41) is 22.2. The molecule has 27 heteroatoms. The van der Waals surface area contributed by atoms with Gasteiger partial charge in [0, 0.05) is 91.1 Å². The summed E-state index contributed by atoms with van der Waals surface area (Å²) < 4.78 is 56.2. The number of ketones is 2. The SMILES string of the molecule is Cc1cc(OCCCc2c(C(=O)NS(=O)(=O)c3ccc(C(=O)NCC4CCN(C(=O)CCCn5cc(COCCOCCNc6cccc7c6C(=O)C(C6CCC(=O)NC6=O)C7=O)nn5)CC4)o3)[nH]c3c(-c4c(C)nn(C)c4C)c(Cl)ccc23)cc(C)c1Cl. The van der Waals surface area contributed by atoms with Crippen molar-refractivity contribution >= 4 is 90.9 Å². The van der Waals surface area contributed by atoms with Crippen LogP contribution in [0, 0.1) is 45.4 Å². The van der Waals surface area contributed by atoms with Crippen molar-refractivity contribution in [1.82, 2.24) is 50.0 Å². The van der Waals surface area contributed by atoms with Gasteiger partial charge in [-0.15, -0.1) is 5.10 Å². The third-order valence-corrected chi connectivity index (χ3v) is 18.6. The fourth-order valence-corrected chi connectivity index (χ4v) is 13.1. The van der Waals surface area contributed by atoms with Crippen LogP contribution >= 0.6 is 23.2 Å². The summed E-state index contributed by atoms with van der Waals surface area (Å²) in [6.07, 6.45) is 4.86. The van der Waals surface area contributed by atoms with Gasteiger partial charge >= 0.3 is 0 Å². The highest BCUT2D eigenvalue weighted by Gasteiger charge is 2.48. The molecule has 7 aromatic rings. The molecule has 0 saturated carbocycles. The fourth-order valence-electron chi connectivity index (χ4n) is 11.8. The average molecular weight is 1280 g/mol. The molecule has 470 valence electrons. The Bertz CT molecular complexity index is 3990. The van der Waals surface area contributed by atoms with Crippen molar-refractivity contribution in [1.29, 1.82) is 0 Å². The lowest BCUT2D eigenvalue weighted by Gasteiger charge is -2.32. The number of H-pyrrole nitrogens is 1. The van der Waals surface area contributed by atoms with Gasteiger partial charge in [-0.25, -0.2) is 4.72 Å². The quantitative estimate of drug-likeness (QED) is 0.0198. The monoisotopic (exact) mass is 1280 g/mol. The van der Waals surface area contributed by atoms with E-state index in [1.807, 2.05) is 46.9 Å². The van der Waals surface area contributed by atoms with Crippen molar-refractivity contribution in [2.24, 2.45) is 24.8 Å². The second kappa shape index (κ2) is 27.7. The Hall–Kier alpha value is -8.23. The van der Waals surface area contributed by atoms with Gasteiger partial charge in [0.25, 0.3) is 21.8 Å². The van der Waals surface area contributed by atoms with Crippen LogP contribution in [-0.4, -0.2) is 137 Å². The number of furan rings is 1. The van der Waals surface area contributed by atoms with Crippen LogP contribution < -0.4 is 25.4 Å². The van der Waals surface area contributed by atoms with Gasteiger partial charge < -0.3 is 39.1 Å². The molecule has 10 rings (SSSR count). The molecular weight excluding hydrogens is 1210 g/mol. The van der Waals surface area contributed by atoms with Crippen molar-refractivity contribution in [2.75, 3.05) is 57.9 Å². The van der Waals surface area contributed by atoms with Crippen molar-refractivity contribution in [3.05, 3.63) is 127 Å². The number of aromatic amines is 1. The predicted molar refractivity (Wildman–Crippen MR) is 327 cm³/mol. The maximum atomic E-state index is 14.2. The third-order valence-electron chi connectivity index (χ3n) is 16.5. The van der Waals surface area contributed by atoms with Crippen LogP contribution in [0.25, 0.3) is 22.0 Å². The Kier molecular flexibility index (Phi) is 19.8. The molecule has 1 aliphatic carbocycles. The number of benzene rings is 3. The Morgan fingerprint density at radius 2 is 1.62 bits per heavy atom. The topological polar surface area (TPSA) is 310 Å². The lowest BCUT2D eigenvalue weighted by Crippen LogP contribution is -2.46. The van der Waals surface area contributed by atoms with Crippen LogP contribution in [-0.2, 0) is 60.5 Å². The Labute approximate surface area is 523 Å². The largest absolute Gasteiger partial charge is 0.494 e. The van der Waals surface area contributed by atoms with Crippen LogP contribution in [0.15, 0.2) is 70.3 Å². The summed E-state index contributed by atoms with van der Waals surface area (Å²) in [5.74, 6) is -5.04. The van der Waals surface area contributed by atoms with E-state index in [-0.39, 0.29) is 86.8 Å². The number of sulfonamides is 1. The first-order valence-corrected chi connectivity index (χ1v) is 31.7. The molecule has 2 atom stereocenters. The van der Waals surface area contributed by atoms with E-state index in [2.05, 4.69) is 41.1 Å². The van der Waals surface area contributed by atoms with Crippen molar-refractivity contribution in [2.45, 2.75) is 97.3 Å². The average Bonchev–Trinajstić information content (AvgIpc) is 1.80. The number of piperidine rings is 2. The van der Waals surface area contributed by atoms with Crippen LogP contribution in [0.4, 0.5) is 5.69 Å². The van der Waals surface area contributed by atoms with Crippen molar-refractivity contribution in [3.8, 4) is 16.9 Å². The van der Waals surface area contributed by atoms with E-state index in [1.165, 1.54) is 6.07 Å². The Morgan fingerprint density at radius 1 is 0.854 bits per heavy atom. The first-order valence-electron chi connectivity index (χ1n) is 29.5. The van der Waals surface area contributed by atoms with E-state index in [0.29, 0.717) is 120 Å². The number of amides is 5. The minimum absolute atomic E-state index is 0.00137. The van der Waals surface area contributed by atoms with E-state index in [1.54, 1.807) is 50.8 Å². The number of Topliss-reactive ketones (excluding diaryl/α,β-unsaturated/α-hetero) is 2. The molecular formula is C62H69Cl2N11O13S. The standard InChI is InChI=1S/C62H69Cl2N11O13S/c1-34-29-40(30-35(2)55(34)64)87-25-8-10-41-42-13-15-45(63)54(51-36(3)70-73(5)37(51)4)56(42)68-57(41)62(82)71-89(83,84)50-18-16-47(88-50)61(81)66-31-38-19-23-74(24-20-38)49(77)12-7-22-75-32-39(69-72-75)33-86-28-27-85-26-21-65-46-11-6-9-43-52(46)59(79)53(58(43)78)44-14-17-48(76)67-60(44)80/h6,9,11,13,15-16,18,29-30,32,38,44,53,65,68H,7-8,10,12,14,17,19-28,31,33H2,1-5H3,(H,66,81)(H,71,82)(H,67,76,80). The Balaban J connectivity index is 0.633. The molecule has 0 bridgehead atoms. The second-order valence-electron chi connectivity index (χ2n) is 22.6. The highest BCUT2D eigenvalue weighted by molar-refractivity contribution is 7.90. The molecule has 4 aromatic heterocycles. The number of hydrogen-bond acceptors (Lipinski definition) is 17. The number of ether oxygens (including phenoxy) is 3. The molecule has 89 heavy (non-hydrogen) atoms. The minimum Gasteiger partial charge on any atom is -0.494 e. The zero-order valence-corrected chi connectivity index (χ0v) is 52.2. The minimum atomic E-state index is -4.64. The van der Waals surface area contributed by atoms with Gasteiger partial charge in [-0.2, -0.15) is 13.5 Å². The second-order valence-corrected chi connectivity index (χ2v) is 25.0. The summed E-state index contributed by atoms with van der Waals surface area (Å²) in [6, 6.07) is 14.5. The number of aryl methyl sites for hydroxylation is 6. The molecule has 0 spiro atoms. The van der Waals surface area contributed by atoms with Crippen LogP contribution in [0.2, 0.25) is 10.0 Å². The zero-order chi connectivity index (χ0) is 63.3. The van der Waals surface area contributed by atoms with Crippen LogP contribution in [0.1, 0.15) is 120 Å². The number of likely N-dealkylation sites (tertiary alicyclic amines) is 1. The maximum Gasteiger partial charge on any atom is 0.297 e. The number of nitrogens with zero attached hydrogens (tertiary/aromatic N) is 6. The molecule has 2 aliphatic heterocycles. The first-order chi connectivity index (χ1) is 42.7. The number of nitrogens with one attached hydrogen (secondary N) is 5. The summed E-state index contributed by atoms with van der Waals surface area (Å²) in [6.45, 7) is 11.0. The van der Waals surface area contributed by atoms with Gasteiger partial charge in [-0.3, -0.25) is 48.2 Å². The third kappa shape index (κ3) is 14.3. The number of fused-ring (bicyclic) bond motifs is 2. The molecule has 2 saturated heterocycles. The number of aromatic nitrogens is 6. The van der Waals surface area contributed by atoms with Gasteiger partial charge in [-0.1, -0.05) is 46.6 Å². The number of carbonyl (C=O) groups is 7. The van der Waals surface area contributed by atoms with E-state index >= 15 is 0 Å². The molecule has 6 heterocycles. The highest BCUT2D eigenvalue weighted by atomic mass is 35.5. The van der Waals surface area contributed by atoms with Gasteiger partial charge in [0.1, 0.15) is 17.1 Å². The molecule has 0 radical (unpaired) electrons. The lowest BCUT2D eigenvalue weighted by molar-refractivity contribution is -0.137. The van der Waals surface area contributed by atoms with Crippen LogP contribution in [0.3, 0.4) is 0 Å². The molecule has 3 aromatic carbocycles. The molecule has 5 amide bonds. The summed E-state index contributed by atoms with van der Waals surface area (Å²) >= 11 is 13.3. The lowest BCUT2D eigenvalue weighted by atomic mass is 9.82. The molecule has 24 nitrogen and oxygen atoms in total. The summed E-state index contributed by atoms with van der Waals surface area (Å²) in [4.78, 5) is 96.4.